The first-order valence-corrected chi connectivity index (χ1v) is 15.2. The molecule has 8 rings (SSSR count). The minimum absolute atomic E-state index is 0.0638. The highest BCUT2D eigenvalue weighted by atomic mass is 32.1. The summed E-state index contributed by atoms with van der Waals surface area (Å²) in [6.45, 7) is 6.07. The third kappa shape index (κ3) is 4.30. The lowest BCUT2D eigenvalue weighted by atomic mass is 9.52. The molecule has 2 amide bonds. The molecule has 0 spiro atoms. The Labute approximate surface area is 248 Å². The predicted molar refractivity (Wildman–Crippen MR) is 162 cm³/mol. The number of aromatic nitrogens is 2. The number of benzene rings is 2. The standard InChI is InChI=1S/C33H31N5O3S/c1-20-11-12-27(34-18-20)37-13-15-38(16-14-37)30(40)29(39)26-19-42-32(35-26)36-31(41)33(2)17-25-21-7-3-5-9-23(21)28(33)24-10-6-4-8-22(24)25/h3-12,18-19,25,28H,13-17H2,1-2H3,(H,35,36,41). The van der Waals surface area contributed by atoms with E-state index in [-0.39, 0.29) is 23.4 Å². The van der Waals surface area contributed by atoms with Crippen LogP contribution in [0.5, 0.6) is 0 Å². The number of hydrogen-bond donors (Lipinski definition) is 1. The quantitative estimate of drug-likeness (QED) is 0.265. The van der Waals surface area contributed by atoms with E-state index in [2.05, 4.69) is 56.6 Å². The summed E-state index contributed by atoms with van der Waals surface area (Å²) in [7, 11) is 0. The third-order valence-electron chi connectivity index (χ3n) is 9.09. The second-order valence-electron chi connectivity index (χ2n) is 11.7. The zero-order valence-electron chi connectivity index (χ0n) is 23.5. The Morgan fingerprint density at radius 3 is 2.17 bits per heavy atom. The first-order chi connectivity index (χ1) is 20.3. The van der Waals surface area contributed by atoms with Crippen LogP contribution in [0.1, 0.15) is 63.5 Å². The van der Waals surface area contributed by atoms with Gasteiger partial charge in [0.25, 0.3) is 11.7 Å². The zero-order valence-corrected chi connectivity index (χ0v) is 24.4. The molecule has 3 heterocycles. The lowest BCUT2D eigenvalue weighted by molar-refractivity contribution is -0.127. The second-order valence-corrected chi connectivity index (χ2v) is 12.5. The van der Waals surface area contributed by atoms with Crippen LogP contribution in [0.2, 0.25) is 0 Å². The van der Waals surface area contributed by atoms with Gasteiger partial charge in [-0.1, -0.05) is 54.6 Å². The van der Waals surface area contributed by atoms with Crippen molar-refractivity contribution in [1.82, 2.24) is 14.9 Å². The van der Waals surface area contributed by atoms with Crippen LogP contribution in [-0.2, 0) is 9.59 Å². The molecule has 2 aromatic carbocycles. The Bertz CT molecular complexity index is 1660. The number of fused-ring (bicyclic) bond motifs is 1. The van der Waals surface area contributed by atoms with Gasteiger partial charge in [-0.25, -0.2) is 9.97 Å². The Balaban J connectivity index is 1.04. The van der Waals surface area contributed by atoms with Gasteiger partial charge in [-0.05, 0) is 54.2 Å². The van der Waals surface area contributed by atoms with Crippen LogP contribution in [-0.4, -0.2) is 58.6 Å². The van der Waals surface area contributed by atoms with Gasteiger partial charge >= 0.3 is 0 Å². The maximum absolute atomic E-state index is 13.9. The van der Waals surface area contributed by atoms with E-state index in [1.807, 2.05) is 44.3 Å². The van der Waals surface area contributed by atoms with Gasteiger partial charge in [-0.2, -0.15) is 0 Å². The lowest BCUT2D eigenvalue weighted by Crippen LogP contribution is -2.50. The minimum Gasteiger partial charge on any atom is -0.353 e. The summed E-state index contributed by atoms with van der Waals surface area (Å²) in [5, 5.41) is 4.89. The molecule has 9 heteroatoms. The van der Waals surface area contributed by atoms with Crippen LogP contribution < -0.4 is 10.2 Å². The van der Waals surface area contributed by atoms with E-state index in [9.17, 15) is 14.4 Å². The smallest absolute Gasteiger partial charge is 0.296 e. The van der Waals surface area contributed by atoms with Gasteiger partial charge in [0, 0.05) is 49.6 Å². The highest BCUT2D eigenvalue weighted by Crippen LogP contribution is 2.61. The maximum Gasteiger partial charge on any atom is 0.296 e. The summed E-state index contributed by atoms with van der Waals surface area (Å²) in [5.74, 6) is -0.413. The molecule has 2 aromatic heterocycles. The number of anilines is 2. The van der Waals surface area contributed by atoms with Crippen molar-refractivity contribution in [2.45, 2.75) is 32.1 Å². The van der Waals surface area contributed by atoms with Crippen LogP contribution in [0.4, 0.5) is 10.9 Å². The van der Waals surface area contributed by atoms with Crippen molar-refractivity contribution >= 4 is 39.9 Å². The van der Waals surface area contributed by atoms with Crippen LogP contribution in [0.15, 0.2) is 72.2 Å². The molecular weight excluding hydrogens is 546 g/mol. The van der Waals surface area contributed by atoms with Gasteiger partial charge < -0.3 is 15.1 Å². The number of carbonyl (C=O) groups is 3. The first-order valence-electron chi connectivity index (χ1n) is 14.3. The molecule has 4 aromatic rings. The molecule has 1 aliphatic heterocycles. The number of nitrogens with zero attached hydrogens (tertiary/aromatic N) is 4. The molecule has 42 heavy (non-hydrogen) atoms. The Kier molecular flexibility index (Phi) is 6.42. The van der Waals surface area contributed by atoms with E-state index >= 15 is 0 Å². The topological polar surface area (TPSA) is 95.5 Å². The van der Waals surface area contributed by atoms with Gasteiger partial charge in [0.05, 0.1) is 5.41 Å². The molecule has 3 aliphatic carbocycles. The lowest BCUT2D eigenvalue weighted by Gasteiger charge is -2.50. The van der Waals surface area contributed by atoms with Gasteiger partial charge in [0.1, 0.15) is 11.5 Å². The number of hydrogen-bond acceptors (Lipinski definition) is 7. The van der Waals surface area contributed by atoms with Crippen molar-refractivity contribution in [3.63, 3.8) is 0 Å². The normalized spacial score (nSPS) is 22.3. The van der Waals surface area contributed by atoms with Crippen molar-refractivity contribution in [2.24, 2.45) is 5.41 Å². The van der Waals surface area contributed by atoms with E-state index in [4.69, 9.17) is 0 Å². The molecule has 1 N–H and O–H groups in total. The molecular formula is C33H31N5O3S. The highest BCUT2D eigenvalue weighted by Gasteiger charge is 2.54. The Morgan fingerprint density at radius 2 is 1.55 bits per heavy atom. The molecule has 1 unspecified atom stereocenters. The van der Waals surface area contributed by atoms with E-state index in [0.29, 0.717) is 37.7 Å². The van der Waals surface area contributed by atoms with Crippen molar-refractivity contribution in [1.29, 1.82) is 0 Å². The van der Waals surface area contributed by atoms with Gasteiger partial charge in [-0.15, -0.1) is 11.3 Å². The highest BCUT2D eigenvalue weighted by molar-refractivity contribution is 7.14. The molecule has 1 atom stereocenters. The largest absolute Gasteiger partial charge is 0.353 e. The third-order valence-corrected chi connectivity index (χ3v) is 9.84. The molecule has 8 nitrogen and oxygen atoms in total. The fourth-order valence-corrected chi connectivity index (χ4v) is 7.59. The number of amides is 2. The number of rotatable bonds is 5. The van der Waals surface area contributed by atoms with Crippen molar-refractivity contribution in [3.05, 3.63) is 106 Å². The minimum atomic E-state index is -0.689. The molecule has 212 valence electrons. The molecule has 2 bridgehead atoms. The predicted octanol–water partition coefficient (Wildman–Crippen LogP) is 5.00. The monoisotopic (exact) mass is 577 g/mol. The number of aryl methyl sites for hydroxylation is 1. The van der Waals surface area contributed by atoms with Crippen LogP contribution >= 0.6 is 11.3 Å². The Morgan fingerprint density at radius 1 is 0.905 bits per heavy atom. The molecule has 1 saturated heterocycles. The van der Waals surface area contributed by atoms with E-state index in [0.717, 1.165) is 11.4 Å². The number of ketones is 1. The molecule has 1 fully saturated rings. The van der Waals surface area contributed by atoms with Crippen molar-refractivity contribution < 1.29 is 14.4 Å². The first kappa shape index (κ1) is 26.5. The summed E-state index contributed by atoms with van der Waals surface area (Å²) in [6, 6.07) is 20.8. The van der Waals surface area contributed by atoms with E-state index < -0.39 is 17.1 Å². The number of thiazole rings is 1. The van der Waals surface area contributed by atoms with Crippen LogP contribution in [0.3, 0.4) is 0 Å². The number of Topliss-reactive ketones (excluding diaryl/α,β-unsaturated/α-hetero) is 1. The fraction of sp³-hybridized carbons (Fsp3) is 0.303. The molecule has 0 saturated carbocycles. The summed E-state index contributed by atoms with van der Waals surface area (Å²) in [5.41, 5.74) is 5.45. The van der Waals surface area contributed by atoms with Crippen molar-refractivity contribution in [2.75, 3.05) is 36.4 Å². The fourth-order valence-electron chi connectivity index (χ4n) is 6.90. The van der Waals surface area contributed by atoms with Gasteiger partial charge in [-0.3, -0.25) is 14.4 Å². The van der Waals surface area contributed by atoms with E-state index in [1.165, 1.54) is 33.6 Å². The van der Waals surface area contributed by atoms with Gasteiger partial charge in [0.15, 0.2) is 5.13 Å². The summed E-state index contributed by atoms with van der Waals surface area (Å²) in [4.78, 5) is 52.6. The second kappa shape index (κ2) is 10.2. The van der Waals surface area contributed by atoms with Crippen LogP contribution in [0.25, 0.3) is 0 Å². The maximum atomic E-state index is 13.9. The number of piperazine rings is 1. The average molecular weight is 578 g/mol. The Hall–Kier alpha value is -4.37. The summed E-state index contributed by atoms with van der Waals surface area (Å²) in [6.07, 6.45) is 2.52. The van der Waals surface area contributed by atoms with Crippen LogP contribution in [0, 0.1) is 12.3 Å². The molecule has 0 radical (unpaired) electrons. The average Bonchev–Trinajstić information content (AvgIpc) is 3.49. The molecule has 4 aliphatic rings. The zero-order chi connectivity index (χ0) is 29.0. The number of pyridine rings is 1. The summed E-state index contributed by atoms with van der Waals surface area (Å²) < 4.78 is 0. The SMILES string of the molecule is Cc1ccc(N2CCN(C(=O)C(=O)c3csc(NC(=O)C4(C)CC5c6ccccc6C4c4ccccc45)n3)CC2)nc1. The van der Waals surface area contributed by atoms with Crippen molar-refractivity contribution in [3.8, 4) is 0 Å². The summed E-state index contributed by atoms with van der Waals surface area (Å²) >= 11 is 1.17. The van der Waals surface area contributed by atoms with Gasteiger partial charge in [0.2, 0.25) is 5.91 Å². The van der Waals surface area contributed by atoms with E-state index in [1.54, 1.807) is 10.3 Å². The number of carbonyl (C=O) groups excluding carboxylic acids is 3. The number of nitrogens with one attached hydrogen (secondary N) is 1.